The molecule has 44 heavy (non-hydrogen) atoms. The lowest BCUT2D eigenvalue weighted by Gasteiger charge is -2.31. The third-order valence-corrected chi connectivity index (χ3v) is 7.54. The zero-order chi connectivity index (χ0) is 33.0. The second-order valence-electron chi connectivity index (χ2n) is 9.31. The number of amides is 1. The van der Waals surface area contributed by atoms with Crippen molar-refractivity contribution >= 4 is 40.0 Å². The largest absolute Gasteiger partial charge is 0.454 e. The molecule has 0 atom stereocenters. The van der Waals surface area contributed by atoms with E-state index >= 15 is 4.39 Å². The van der Waals surface area contributed by atoms with E-state index in [1.165, 1.54) is 18.2 Å². The van der Waals surface area contributed by atoms with Crippen molar-refractivity contribution in [1.82, 2.24) is 0 Å². The van der Waals surface area contributed by atoms with Crippen LogP contribution in [0, 0.1) is 9.39 Å². The molecule has 236 valence electrons. The summed E-state index contributed by atoms with van der Waals surface area (Å²) in [6.45, 7) is -0.0986. The molecule has 1 aliphatic heterocycles. The van der Waals surface area contributed by atoms with Crippen LogP contribution in [0.1, 0.15) is 37.4 Å². The maximum absolute atomic E-state index is 15.5. The highest BCUT2D eigenvalue weighted by Crippen LogP contribution is 2.54. The summed E-state index contributed by atoms with van der Waals surface area (Å²) < 4.78 is 161. The van der Waals surface area contributed by atoms with E-state index in [9.17, 15) is 53.5 Å². The molecule has 0 bridgehead atoms. The number of fused-ring (bicyclic) bond motifs is 1. The minimum absolute atomic E-state index is 0.0130. The smallest absolute Gasteiger partial charge is 0.435 e. The summed E-state index contributed by atoms with van der Waals surface area (Å²) in [5.41, 5.74) is -13.2. The average molecular weight is 753 g/mol. The first-order valence-corrected chi connectivity index (χ1v) is 13.0. The Labute approximate surface area is 253 Å². The topological polar surface area (TPSA) is 55.8 Å². The van der Waals surface area contributed by atoms with Gasteiger partial charge in [0, 0.05) is 28.2 Å². The minimum Gasteiger partial charge on any atom is -0.454 e. The van der Waals surface area contributed by atoms with Crippen molar-refractivity contribution in [2.45, 2.75) is 30.6 Å². The van der Waals surface area contributed by atoms with Gasteiger partial charge in [-0.15, -0.1) is 0 Å². The van der Waals surface area contributed by atoms with Gasteiger partial charge in [-0.3, -0.25) is 9.59 Å². The normalized spacial score (nSPS) is 13.7. The molecule has 1 aliphatic rings. The van der Waals surface area contributed by atoms with Gasteiger partial charge in [0.1, 0.15) is 0 Å². The number of anilines is 1. The Hall–Kier alpha value is -3.64. The average Bonchev–Trinajstić information content (AvgIpc) is 3.39. The standard InChI is InChI=1S/C27H15F11INO4/c1-40(23(42)12-5-6-20-21(7-12)44-11-43-20)18-4-2-3-14(22(18)28)19(41)10-15-16(25(30,31)32)8-13(9-17(15)39)24(29,26(33,34)35)27(36,37)38/h2-9H,10-11H2,1H3. The van der Waals surface area contributed by atoms with Gasteiger partial charge in [0.05, 0.1) is 16.8 Å². The van der Waals surface area contributed by atoms with Crippen LogP contribution in [0.5, 0.6) is 11.5 Å². The molecule has 3 aromatic carbocycles. The maximum atomic E-state index is 15.5. The van der Waals surface area contributed by atoms with E-state index < -0.39 is 85.7 Å². The first-order chi connectivity index (χ1) is 20.2. The molecule has 0 aliphatic carbocycles. The molecule has 0 radical (unpaired) electrons. The van der Waals surface area contributed by atoms with E-state index in [4.69, 9.17) is 9.47 Å². The van der Waals surface area contributed by atoms with Gasteiger partial charge in [0.2, 0.25) is 6.79 Å². The monoisotopic (exact) mass is 753 g/mol. The van der Waals surface area contributed by atoms with Gasteiger partial charge in [0.25, 0.3) is 5.91 Å². The summed E-state index contributed by atoms with van der Waals surface area (Å²) in [5, 5.41) is 0. The Morgan fingerprint density at radius 2 is 1.48 bits per heavy atom. The number of carbonyl (C=O) groups is 2. The second kappa shape index (κ2) is 11.4. The van der Waals surface area contributed by atoms with Gasteiger partial charge in [-0.1, -0.05) is 6.07 Å². The maximum Gasteiger partial charge on any atom is 0.435 e. The number of carbonyl (C=O) groups excluding carboxylic acids is 2. The predicted molar refractivity (Wildman–Crippen MR) is 139 cm³/mol. The van der Waals surface area contributed by atoms with Crippen LogP contribution in [0.4, 0.5) is 54.0 Å². The number of halogens is 12. The highest BCUT2D eigenvalue weighted by molar-refractivity contribution is 14.1. The van der Waals surface area contributed by atoms with Crippen LogP contribution in [-0.2, 0) is 18.3 Å². The van der Waals surface area contributed by atoms with E-state index in [-0.39, 0.29) is 24.2 Å². The van der Waals surface area contributed by atoms with Gasteiger partial charge in [-0.2, -0.15) is 39.5 Å². The van der Waals surface area contributed by atoms with Crippen LogP contribution in [0.3, 0.4) is 0 Å². The minimum atomic E-state index is -6.69. The Morgan fingerprint density at radius 1 is 0.864 bits per heavy atom. The molecule has 4 rings (SSSR count). The molecule has 0 spiro atoms. The SMILES string of the molecule is CN(C(=O)c1ccc2c(c1)OCO2)c1cccc(C(=O)Cc2c(I)cc(C(F)(C(F)(F)F)C(F)(F)F)cc2C(F)(F)F)c1F. The molecule has 0 fully saturated rings. The van der Waals surface area contributed by atoms with E-state index in [0.29, 0.717) is 5.75 Å². The lowest BCUT2D eigenvalue weighted by atomic mass is 9.89. The molecule has 3 aromatic rings. The number of benzene rings is 3. The molecule has 0 aromatic heterocycles. The van der Waals surface area contributed by atoms with Crippen LogP contribution in [0.25, 0.3) is 0 Å². The molecule has 0 unspecified atom stereocenters. The lowest BCUT2D eigenvalue weighted by Crippen LogP contribution is -2.50. The van der Waals surface area contributed by atoms with E-state index in [0.717, 1.165) is 52.7 Å². The molecule has 1 heterocycles. The van der Waals surface area contributed by atoms with Gasteiger partial charge in [-0.05, 0) is 70.6 Å². The van der Waals surface area contributed by atoms with Crippen LogP contribution < -0.4 is 14.4 Å². The van der Waals surface area contributed by atoms with Crippen LogP contribution >= 0.6 is 22.6 Å². The molecule has 17 heteroatoms. The van der Waals surface area contributed by atoms with Crippen molar-refractivity contribution in [3.05, 3.63) is 85.7 Å². The fourth-order valence-electron chi connectivity index (χ4n) is 4.34. The fraction of sp³-hybridized carbons (Fsp3) is 0.259. The fourth-order valence-corrected chi connectivity index (χ4v) is 5.16. The molecule has 0 N–H and O–H groups in total. The Kier molecular flexibility index (Phi) is 8.60. The Bertz CT molecular complexity index is 1620. The molecular weight excluding hydrogens is 738 g/mol. The molecular formula is C27H15F11INO4. The van der Waals surface area contributed by atoms with Crippen LogP contribution in [-0.4, -0.2) is 37.9 Å². The highest BCUT2D eigenvalue weighted by Gasteiger charge is 2.73. The van der Waals surface area contributed by atoms with Crippen molar-refractivity contribution in [3.63, 3.8) is 0 Å². The number of ketones is 1. The molecule has 0 saturated carbocycles. The predicted octanol–water partition coefficient (Wildman–Crippen LogP) is 8.17. The van der Waals surface area contributed by atoms with Crippen molar-refractivity contribution in [2.75, 3.05) is 18.7 Å². The Morgan fingerprint density at radius 3 is 2.07 bits per heavy atom. The van der Waals surface area contributed by atoms with Gasteiger partial charge >= 0.3 is 24.2 Å². The van der Waals surface area contributed by atoms with E-state index in [2.05, 4.69) is 0 Å². The zero-order valence-corrected chi connectivity index (χ0v) is 23.8. The second-order valence-corrected chi connectivity index (χ2v) is 10.5. The number of hydrogen-bond acceptors (Lipinski definition) is 4. The summed E-state index contributed by atoms with van der Waals surface area (Å²) in [5.74, 6) is -2.95. The summed E-state index contributed by atoms with van der Waals surface area (Å²) in [6, 6.07) is 6.31. The summed E-state index contributed by atoms with van der Waals surface area (Å²) in [7, 11) is 1.13. The van der Waals surface area contributed by atoms with Crippen molar-refractivity contribution in [2.24, 2.45) is 0 Å². The number of hydrogen-bond donors (Lipinski definition) is 0. The zero-order valence-electron chi connectivity index (χ0n) is 21.6. The number of ether oxygens (including phenoxy) is 2. The molecule has 0 saturated heterocycles. The van der Waals surface area contributed by atoms with Gasteiger partial charge in [0.15, 0.2) is 23.1 Å². The van der Waals surface area contributed by atoms with Gasteiger partial charge in [-0.25, -0.2) is 8.78 Å². The first kappa shape index (κ1) is 33.3. The third kappa shape index (κ3) is 5.89. The van der Waals surface area contributed by atoms with Crippen molar-refractivity contribution in [3.8, 4) is 11.5 Å². The first-order valence-electron chi connectivity index (χ1n) is 11.9. The lowest BCUT2D eigenvalue weighted by molar-refractivity contribution is -0.348. The van der Waals surface area contributed by atoms with Crippen molar-refractivity contribution < 1.29 is 67.4 Å². The molecule has 5 nitrogen and oxygen atoms in total. The summed E-state index contributed by atoms with van der Waals surface area (Å²) in [4.78, 5) is 26.8. The quantitative estimate of drug-likeness (QED) is 0.145. The van der Waals surface area contributed by atoms with Crippen LogP contribution in [0.2, 0.25) is 0 Å². The summed E-state index contributed by atoms with van der Waals surface area (Å²) in [6.07, 6.45) is -20.4. The number of Topliss-reactive ketones (excluding diaryl/α,β-unsaturated/α-hetero) is 1. The Balaban J connectivity index is 1.71. The van der Waals surface area contributed by atoms with Gasteiger partial charge < -0.3 is 14.4 Å². The van der Waals surface area contributed by atoms with E-state index in [1.807, 2.05) is 0 Å². The number of nitrogens with zero attached hydrogens (tertiary/aromatic N) is 1. The van der Waals surface area contributed by atoms with Crippen LogP contribution in [0.15, 0.2) is 48.5 Å². The summed E-state index contributed by atoms with van der Waals surface area (Å²) >= 11 is 0.935. The highest BCUT2D eigenvalue weighted by atomic mass is 127. The third-order valence-electron chi connectivity index (χ3n) is 6.58. The number of alkyl halides is 10. The van der Waals surface area contributed by atoms with Crippen molar-refractivity contribution in [1.29, 1.82) is 0 Å². The van der Waals surface area contributed by atoms with E-state index in [1.54, 1.807) is 0 Å². The number of rotatable bonds is 6. The molecule has 1 amide bonds.